The maximum Gasteiger partial charge on any atom is 0.213 e. The Kier molecular flexibility index (Phi) is 3.81. The summed E-state index contributed by atoms with van der Waals surface area (Å²) in [6.45, 7) is 1.92. The first-order chi connectivity index (χ1) is 11.7. The number of hydrogen-bond donors (Lipinski definition) is 3. The van der Waals surface area contributed by atoms with Crippen molar-refractivity contribution < 1.29 is 14.9 Å². The van der Waals surface area contributed by atoms with Crippen LogP contribution in [0.2, 0.25) is 0 Å². The zero-order valence-electron chi connectivity index (χ0n) is 13.7. The van der Waals surface area contributed by atoms with E-state index < -0.39 is 0 Å². The van der Waals surface area contributed by atoms with Gasteiger partial charge < -0.3 is 20.3 Å². The molecule has 0 spiro atoms. The standard InChI is InChI=1S/C19H22N2O3/c1-24-18-8-11(4-7-21-18)14-9-15-12(2-3-17(22)19(15)23)16-10-20-6-5-13(14)16/h2-4,7-8,13-14,16,20,22-23H,5-6,9-10H2,1H3. The van der Waals surface area contributed by atoms with Gasteiger partial charge >= 0.3 is 0 Å². The van der Waals surface area contributed by atoms with E-state index in [1.807, 2.05) is 18.2 Å². The molecule has 1 fully saturated rings. The van der Waals surface area contributed by atoms with Crippen molar-refractivity contribution >= 4 is 0 Å². The predicted molar refractivity (Wildman–Crippen MR) is 90.7 cm³/mol. The molecule has 1 aliphatic carbocycles. The fourth-order valence-electron chi connectivity index (χ4n) is 4.41. The lowest BCUT2D eigenvalue weighted by molar-refractivity contribution is 0.252. The second kappa shape index (κ2) is 5.98. The summed E-state index contributed by atoms with van der Waals surface area (Å²) in [4.78, 5) is 4.21. The highest BCUT2D eigenvalue weighted by molar-refractivity contribution is 5.53. The number of pyridine rings is 1. The Hall–Kier alpha value is -2.27. The summed E-state index contributed by atoms with van der Waals surface area (Å²) >= 11 is 0. The second-order valence-corrected chi connectivity index (χ2v) is 6.71. The summed E-state index contributed by atoms with van der Waals surface area (Å²) in [7, 11) is 1.62. The van der Waals surface area contributed by atoms with Crippen LogP contribution in [0.1, 0.15) is 34.9 Å². The Morgan fingerprint density at radius 1 is 1.21 bits per heavy atom. The van der Waals surface area contributed by atoms with Crippen LogP contribution < -0.4 is 10.1 Å². The van der Waals surface area contributed by atoms with Crippen LogP contribution in [0.15, 0.2) is 30.5 Å². The molecular weight excluding hydrogens is 304 g/mol. The van der Waals surface area contributed by atoms with Crippen LogP contribution in [0.25, 0.3) is 0 Å². The number of phenolic OH excluding ortho intramolecular Hbond substituents is 2. The first-order valence-corrected chi connectivity index (χ1v) is 8.43. The quantitative estimate of drug-likeness (QED) is 0.740. The summed E-state index contributed by atoms with van der Waals surface area (Å²) in [5.41, 5.74) is 3.23. The number of aromatic hydroxyl groups is 2. The number of rotatable bonds is 2. The minimum atomic E-state index is -0.0398. The molecule has 2 heterocycles. The largest absolute Gasteiger partial charge is 0.504 e. The number of ether oxygens (including phenoxy) is 1. The first kappa shape index (κ1) is 15.3. The van der Waals surface area contributed by atoms with Crippen molar-refractivity contribution in [2.45, 2.75) is 24.7 Å². The van der Waals surface area contributed by atoms with Crippen LogP contribution in [-0.2, 0) is 6.42 Å². The van der Waals surface area contributed by atoms with Gasteiger partial charge in [0, 0.05) is 30.3 Å². The molecule has 5 nitrogen and oxygen atoms in total. The van der Waals surface area contributed by atoms with Gasteiger partial charge in [0.1, 0.15) is 0 Å². The van der Waals surface area contributed by atoms with Crippen molar-refractivity contribution in [3.63, 3.8) is 0 Å². The number of hydrogen-bond acceptors (Lipinski definition) is 5. The van der Waals surface area contributed by atoms with Gasteiger partial charge in [-0.1, -0.05) is 6.07 Å². The molecule has 1 saturated heterocycles. The SMILES string of the molecule is COc1cc(C2Cc3c(ccc(O)c3O)C3CNCCC23)ccn1. The number of phenols is 2. The van der Waals surface area contributed by atoms with Crippen LogP contribution in [0.5, 0.6) is 17.4 Å². The molecule has 24 heavy (non-hydrogen) atoms. The average Bonchev–Trinajstić information content (AvgIpc) is 2.64. The number of nitrogens with zero attached hydrogens (tertiary/aromatic N) is 1. The topological polar surface area (TPSA) is 74.6 Å². The Labute approximate surface area is 141 Å². The van der Waals surface area contributed by atoms with Crippen molar-refractivity contribution in [3.8, 4) is 17.4 Å². The molecule has 3 N–H and O–H groups in total. The minimum Gasteiger partial charge on any atom is -0.504 e. The molecule has 0 bridgehead atoms. The van der Waals surface area contributed by atoms with Gasteiger partial charge in [-0.3, -0.25) is 0 Å². The third kappa shape index (κ3) is 2.40. The lowest BCUT2D eigenvalue weighted by Crippen LogP contribution is -2.41. The predicted octanol–water partition coefficient (Wildman–Crippen LogP) is 2.53. The molecule has 4 rings (SSSR count). The number of piperidine rings is 1. The molecule has 3 unspecified atom stereocenters. The maximum atomic E-state index is 10.4. The lowest BCUT2D eigenvalue weighted by atomic mass is 9.64. The number of nitrogens with one attached hydrogen (secondary N) is 1. The molecule has 126 valence electrons. The van der Waals surface area contributed by atoms with Crippen molar-refractivity contribution in [1.82, 2.24) is 10.3 Å². The average molecular weight is 326 g/mol. The van der Waals surface area contributed by atoms with Gasteiger partial charge in [-0.15, -0.1) is 0 Å². The summed E-state index contributed by atoms with van der Waals surface area (Å²) < 4.78 is 5.28. The van der Waals surface area contributed by atoms with Gasteiger partial charge in [-0.2, -0.15) is 0 Å². The molecule has 1 aromatic carbocycles. The molecule has 2 aliphatic rings. The number of aromatic nitrogens is 1. The van der Waals surface area contributed by atoms with Crippen LogP contribution in [0.3, 0.4) is 0 Å². The zero-order valence-corrected chi connectivity index (χ0v) is 13.7. The second-order valence-electron chi connectivity index (χ2n) is 6.71. The van der Waals surface area contributed by atoms with E-state index in [1.165, 1.54) is 11.1 Å². The summed E-state index contributed by atoms with van der Waals surface area (Å²) in [5.74, 6) is 1.75. The zero-order chi connectivity index (χ0) is 16.7. The molecule has 0 amide bonds. The normalized spacial score (nSPS) is 25.6. The molecule has 2 aromatic rings. The third-order valence-corrected chi connectivity index (χ3v) is 5.57. The van der Waals surface area contributed by atoms with Crippen molar-refractivity contribution in [1.29, 1.82) is 0 Å². The smallest absolute Gasteiger partial charge is 0.213 e. The van der Waals surface area contributed by atoms with Gasteiger partial charge in [-0.25, -0.2) is 4.98 Å². The summed E-state index contributed by atoms with van der Waals surface area (Å²) in [6, 6.07) is 7.61. The van der Waals surface area contributed by atoms with Crippen molar-refractivity contribution in [2.75, 3.05) is 20.2 Å². The molecular formula is C19H22N2O3. The van der Waals surface area contributed by atoms with Crippen LogP contribution in [0, 0.1) is 5.92 Å². The molecule has 1 aliphatic heterocycles. The van der Waals surface area contributed by atoms with Gasteiger partial charge in [0.2, 0.25) is 5.88 Å². The van der Waals surface area contributed by atoms with E-state index in [4.69, 9.17) is 4.74 Å². The summed E-state index contributed by atoms with van der Waals surface area (Å²) in [6.07, 6.45) is 3.60. The van der Waals surface area contributed by atoms with Crippen molar-refractivity contribution in [3.05, 3.63) is 47.2 Å². The van der Waals surface area contributed by atoms with E-state index in [1.54, 1.807) is 19.4 Å². The van der Waals surface area contributed by atoms with E-state index in [9.17, 15) is 10.2 Å². The Balaban J connectivity index is 1.81. The van der Waals surface area contributed by atoms with E-state index >= 15 is 0 Å². The van der Waals surface area contributed by atoms with E-state index in [0.717, 1.165) is 31.5 Å². The monoisotopic (exact) mass is 326 g/mol. The number of methoxy groups -OCH3 is 1. The van der Waals surface area contributed by atoms with Crippen LogP contribution in [-0.4, -0.2) is 35.4 Å². The van der Waals surface area contributed by atoms with E-state index in [2.05, 4.69) is 10.3 Å². The number of benzene rings is 1. The minimum absolute atomic E-state index is 0.0301. The van der Waals surface area contributed by atoms with E-state index in [-0.39, 0.29) is 17.4 Å². The fourth-order valence-corrected chi connectivity index (χ4v) is 4.41. The molecule has 1 aromatic heterocycles. The Bertz CT molecular complexity index is 762. The van der Waals surface area contributed by atoms with Gasteiger partial charge in [-0.05, 0) is 54.5 Å². The molecule has 3 atom stereocenters. The highest BCUT2D eigenvalue weighted by atomic mass is 16.5. The Morgan fingerprint density at radius 2 is 2.08 bits per heavy atom. The highest BCUT2D eigenvalue weighted by Gasteiger charge is 2.40. The summed E-state index contributed by atoms with van der Waals surface area (Å²) in [5, 5.41) is 23.8. The van der Waals surface area contributed by atoms with Gasteiger partial charge in [0.05, 0.1) is 7.11 Å². The number of fused-ring (bicyclic) bond motifs is 3. The van der Waals surface area contributed by atoms with Crippen LogP contribution in [0.4, 0.5) is 0 Å². The lowest BCUT2D eigenvalue weighted by Gasteiger charge is -2.43. The Morgan fingerprint density at radius 3 is 2.92 bits per heavy atom. The highest BCUT2D eigenvalue weighted by Crippen LogP contribution is 2.50. The van der Waals surface area contributed by atoms with E-state index in [0.29, 0.717) is 17.7 Å². The first-order valence-electron chi connectivity index (χ1n) is 8.43. The van der Waals surface area contributed by atoms with Crippen molar-refractivity contribution in [2.24, 2.45) is 5.92 Å². The molecule has 0 radical (unpaired) electrons. The third-order valence-electron chi connectivity index (χ3n) is 5.57. The van der Waals surface area contributed by atoms with Gasteiger partial charge in [0.25, 0.3) is 0 Å². The van der Waals surface area contributed by atoms with Gasteiger partial charge in [0.15, 0.2) is 11.5 Å². The van der Waals surface area contributed by atoms with Crippen LogP contribution >= 0.6 is 0 Å². The molecule has 0 saturated carbocycles. The molecule has 5 heteroatoms. The fraction of sp³-hybridized carbons (Fsp3) is 0.421. The maximum absolute atomic E-state index is 10.4.